The van der Waals surface area contributed by atoms with Crippen molar-refractivity contribution >= 4 is 23.2 Å². The maximum Gasteiger partial charge on any atom is 0.262 e. The van der Waals surface area contributed by atoms with Gasteiger partial charge in [0.15, 0.2) is 6.61 Å². The van der Waals surface area contributed by atoms with Crippen molar-refractivity contribution in [1.82, 2.24) is 0 Å². The molecule has 1 aliphatic heterocycles. The molecule has 1 heterocycles. The van der Waals surface area contributed by atoms with E-state index in [4.69, 9.17) is 22.1 Å². The normalized spacial score (nSPS) is 14.9. The van der Waals surface area contributed by atoms with E-state index >= 15 is 0 Å². The van der Waals surface area contributed by atoms with Crippen molar-refractivity contribution in [2.24, 2.45) is 5.73 Å². The fourth-order valence-corrected chi connectivity index (χ4v) is 2.60. The summed E-state index contributed by atoms with van der Waals surface area (Å²) in [5.41, 5.74) is 9.92. The van der Waals surface area contributed by atoms with Crippen molar-refractivity contribution in [2.75, 3.05) is 11.9 Å². The maximum atomic E-state index is 11.4. The molecule has 21 heavy (non-hydrogen) atoms. The fraction of sp³-hybridized carbons (Fsp3) is 0.188. The predicted molar refractivity (Wildman–Crippen MR) is 82.8 cm³/mol. The van der Waals surface area contributed by atoms with Crippen LogP contribution < -0.4 is 15.8 Å². The van der Waals surface area contributed by atoms with E-state index in [9.17, 15) is 4.79 Å². The minimum Gasteiger partial charge on any atom is -0.482 e. The summed E-state index contributed by atoms with van der Waals surface area (Å²) in [7, 11) is 0. The van der Waals surface area contributed by atoms with Crippen LogP contribution in [0.4, 0.5) is 5.69 Å². The van der Waals surface area contributed by atoms with Crippen molar-refractivity contribution in [3.63, 3.8) is 0 Å². The van der Waals surface area contributed by atoms with Crippen LogP contribution in [-0.2, 0) is 4.79 Å². The zero-order chi connectivity index (χ0) is 15.0. The lowest BCUT2D eigenvalue weighted by Crippen LogP contribution is -2.25. The minimum absolute atomic E-state index is 0.0474. The second-order valence-corrected chi connectivity index (χ2v) is 5.51. The van der Waals surface area contributed by atoms with E-state index in [0.717, 1.165) is 16.7 Å². The van der Waals surface area contributed by atoms with Gasteiger partial charge in [0.05, 0.1) is 11.7 Å². The number of halogens is 1. The molecule has 0 radical (unpaired) electrons. The molecule has 4 nitrogen and oxygen atoms in total. The molecule has 0 aliphatic carbocycles. The highest BCUT2D eigenvalue weighted by Crippen LogP contribution is 2.33. The van der Waals surface area contributed by atoms with Gasteiger partial charge in [-0.15, -0.1) is 0 Å². The third kappa shape index (κ3) is 2.73. The van der Waals surface area contributed by atoms with Crippen LogP contribution in [0.25, 0.3) is 0 Å². The number of fused-ring (bicyclic) bond motifs is 1. The Morgan fingerprint density at radius 2 is 2.10 bits per heavy atom. The molecule has 2 aromatic carbocycles. The van der Waals surface area contributed by atoms with E-state index in [1.54, 1.807) is 0 Å². The van der Waals surface area contributed by atoms with Crippen LogP contribution in [0.1, 0.15) is 22.7 Å². The molecule has 0 fully saturated rings. The van der Waals surface area contributed by atoms with E-state index < -0.39 is 0 Å². The van der Waals surface area contributed by atoms with Gasteiger partial charge in [0.25, 0.3) is 5.91 Å². The van der Waals surface area contributed by atoms with Gasteiger partial charge in [-0.25, -0.2) is 0 Å². The predicted octanol–water partition coefficient (Wildman–Crippen LogP) is 3.03. The summed E-state index contributed by atoms with van der Waals surface area (Å²) in [5, 5.41) is 3.44. The summed E-state index contributed by atoms with van der Waals surface area (Å²) in [6, 6.07) is 10.9. The smallest absolute Gasteiger partial charge is 0.262 e. The Hall–Kier alpha value is -2.04. The molecule has 1 amide bonds. The summed E-state index contributed by atoms with van der Waals surface area (Å²) >= 11 is 6.05. The van der Waals surface area contributed by atoms with Crippen molar-refractivity contribution in [3.8, 4) is 5.75 Å². The molecule has 0 saturated carbocycles. The highest BCUT2D eigenvalue weighted by atomic mass is 35.5. The quantitative estimate of drug-likeness (QED) is 0.896. The van der Waals surface area contributed by atoms with Gasteiger partial charge >= 0.3 is 0 Å². The SMILES string of the molecule is Cc1ccc(Cl)cc1C(N)c1ccc2c(c1)NC(=O)CO2. The first-order chi connectivity index (χ1) is 10.0. The average molecular weight is 303 g/mol. The first-order valence-electron chi connectivity index (χ1n) is 6.63. The van der Waals surface area contributed by atoms with Gasteiger partial charge in [0.2, 0.25) is 0 Å². The third-order valence-corrected chi connectivity index (χ3v) is 3.81. The number of rotatable bonds is 2. The lowest BCUT2D eigenvalue weighted by molar-refractivity contribution is -0.118. The average Bonchev–Trinajstić information content (AvgIpc) is 2.48. The molecular formula is C16H15ClN2O2. The molecule has 108 valence electrons. The molecule has 0 spiro atoms. The number of hydrogen-bond donors (Lipinski definition) is 2. The number of carbonyl (C=O) groups is 1. The van der Waals surface area contributed by atoms with Gasteiger partial charge in [-0.3, -0.25) is 4.79 Å². The van der Waals surface area contributed by atoms with Gasteiger partial charge in [0, 0.05) is 5.02 Å². The Bertz CT molecular complexity index is 715. The molecule has 1 aliphatic rings. The van der Waals surface area contributed by atoms with Crippen LogP contribution in [0.15, 0.2) is 36.4 Å². The molecule has 2 aromatic rings. The molecule has 0 aromatic heterocycles. The number of amides is 1. The van der Waals surface area contributed by atoms with Crippen LogP contribution in [0.3, 0.4) is 0 Å². The van der Waals surface area contributed by atoms with Gasteiger partial charge < -0.3 is 15.8 Å². The monoisotopic (exact) mass is 302 g/mol. The maximum absolute atomic E-state index is 11.4. The molecule has 5 heteroatoms. The Morgan fingerprint density at radius 3 is 2.90 bits per heavy atom. The van der Waals surface area contributed by atoms with Gasteiger partial charge in [-0.05, 0) is 47.9 Å². The van der Waals surface area contributed by atoms with Crippen molar-refractivity contribution in [2.45, 2.75) is 13.0 Å². The number of hydrogen-bond acceptors (Lipinski definition) is 3. The topological polar surface area (TPSA) is 64.3 Å². The first kappa shape index (κ1) is 13.9. The van der Waals surface area contributed by atoms with Gasteiger partial charge in [-0.1, -0.05) is 23.7 Å². The first-order valence-corrected chi connectivity index (χ1v) is 7.00. The molecule has 3 N–H and O–H groups in total. The van der Waals surface area contributed by atoms with E-state index in [0.29, 0.717) is 16.5 Å². The van der Waals surface area contributed by atoms with Crippen LogP contribution in [-0.4, -0.2) is 12.5 Å². The number of benzene rings is 2. The van der Waals surface area contributed by atoms with Crippen LogP contribution in [0, 0.1) is 6.92 Å². The molecule has 3 rings (SSSR count). The summed E-state index contributed by atoms with van der Waals surface area (Å²) in [6.07, 6.45) is 0. The second-order valence-electron chi connectivity index (χ2n) is 5.07. The van der Waals surface area contributed by atoms with Crippen molar-refractivity contribution in [3.05, 3.63) is 58.1 Å². The van der Waals surface area contributed by atoms with Gasteiger partial charge in [-0.2, -0.15) is 0 Å². The Balaban J connectivity index is 1.98. The highest BCUT2D eigenvalue weighted by Gasteiger charge is 2.19. The van der Waals surface area contributed by atoms with Gasteiger partial charge in [0.1, 0.15) is 5.75 Å². The third-order valence-electron chi connectivity index (χ3n) is 3.57. The largest absolute Gasteiger partial charge is 0.482 e. The molecule has 0 bridgehead atoms. The van der Waals surface area contributed by atoms with Crippen LogP contribution in [0.2, 0.25) is 5.02 Å². The lowest BCUT2D eigenvalue weighted by Gasteiger charge is -2.21. The lowest BCUT2D eigenvalue weighted by atomic mass is 9.95. The molecule has 0 saturated heterocycles. The van der Waals surface area contributed by atoms with Crippen LogP contribution >= 0.6 is 11.6 Å². The zero-order valence-electron chi connectivity index (χ0n) is 11.5. The molecule has 1 unspecified atom stereocenters. The number of aryl methyl sites for hydroxylation is 1. The summed E-state index contributed by atoms with van der Waals surface area (Å²) < 4.78 is 5.35. The summed E-state index contributed by atoms with van der Waals surface area (Å²) in [4.78, 5) is 11.4. The number of anilines is 1. The number of ether oxygens (including phenoxy) is 1. The standard InChI is InChI=1S/C16H15ClN2O2/c1-9-2-4-11(17)7-12(9)16(18)10-3-5-14-13(6-10)19-15(20)8-21-14/h2-7,16H,8,18H2,1H3,(H,19,20). The highest BCUT2D eigenvalue weighted by molar-refractivity contribution is 6.30. The number of nitrogens with one attached hydrogen (secondary N) is 1. The molecular weight excluding hydrogens is 288 g/mol. The Kier molecular flexibility index (Phi) is 3.57. The zero-order valence-corrected chi connectivity index (χ0v) is 12.3. The molecule has 1 atom stereocenters. The van der Waals surface area contributed by atoms with E-state index in [2.05, 4.69) is 5.32 Å². The van der Waals surface area contributed by atoms with Crippen molar-refractivity contribution < 1.29 is 9.53 Å². The minimum atomic E-state index is -0.312. The van der Waals surface area contributed by atoms with Crippen LogP contribution in [0.5, 0.6) is 5.75 Å². The fourth-order valence-electron chi connectivity index (χ4n) is 2.42. The van der Waals surface area contributed by atoms with E-state index in [1.165, 1.54) is 0 Å². The number of carbonyl (C=O) groups excluding carboxylic acids is 1. The van der Waals surface area contributed by atoms with Crippen molar-refractivity contribution in [1.29, 1.82) is 0 Å². The number of nitrogens with two attached hydrogens (primary N) is 1. The Morgan fingerprint density at radius 1 is 1.29 bits per heavy atom. The van der Waals surface area contributed by atoms with E-state index in [-0.39, 0.29) is 18.6 Å². The summed E-state index contributed by atoms with van der Waals surface area (Å²) in [6.45, 7) is 2.04. The second kappa shape index (κ2) is 5.39. The summed E-state index contributed by atoms with van der Waals surface area (Å²) in [5.74, 6) is 0.500. The Labute approximate surface area is 127 Å². The van der Waals surface area contributed by atoms with E-state index in [1.807, 2.05) is 43.3 Å².